The second kappa shape index (κ2) is 5.31. The number of hydrogen-bond acceptors (Lipinski definition) is 3. The van der Waals surface area contributed by atoms with Crippen LogP contribution in [0.2, 0.25) is 0 Å². The van der Waals surface area contributed by atoms with Gasteiger partial charge in [0.25, 0.3) is 0 Å². The summed E-state index contributed by atoms with van der Waals surface area (Å²) in [7, 11) is 1.73. The Morgan fingerprint density at radius 1 is 1.28 bits per heavy atom. The van der Waals surface area contributed by atoms with E-state index < -0.39 is 0 Å². The van der Waals surface area contributed by atoms with Crippen LogP contribution in [0.25, 0.3) is 0 Å². The van der Waals surface area contributed by atoms with Crippen molar-refractivity contribution in [2.24, 2.45) is 0 Å². The summed E-state index contributed by atoms with van der Waals surface area (Å²) in [4.78, 5) is 17.7. The van der Waals surface area contributed by atoms with E-state index in [4.69, 9.17) is 5.73 Å². The summed E-state index contributed by atoms with van der Waals surface area (Å²) >= 11 is 0. The maximum absolute atomic E-state index is 12.1. The highest BCUT2D eigenvalue weighted by molar-refractivity contribution is 5.94. The van der Waals surface area contributed by atoms with Crippen LogP contribution in [0.5, 0.6) is 0 Å². The van der Waals surface area contributed by atoms with Crippen LogP contribution in [0, 0.1) is 0 Å². The van der Waals surface area contributed by atoms with E-state index >= 15 is 0 Å². The van der Waals surface area contributed by atoms with Gasteiger partial charge in [-0.15, -0.1) is 0 Å². The molecule has 0 spiro atoms. The van der Waals surface area contributed by atoms with E-state index in [0.29, 0.717) is 5.69 Å². The second-order valence-electron chi connectivity index (χ2n) is 4.04. The number of carbonyl (C=O) groups excluding carboxylic acids is 1. The molecule has 1 heterocycles. The molecule has 0 unspecified atom stereocenters. The molecule has 0 fully saturated rings. The van der Waals surface area contributed by atoms with Gasteiger partial charge in [-0.3, -0.25) is 9.78 Å². The normalized spacial score (nSPS) is 10.1. The number of amides is 1. The molecule has 0 radical (unpaired) electrons. The highest BCUT2D eigenvalue weighted by atomic mass is 16.2. The molecular formula is C14H15N3O. The molecule has 2 rings (SSSR count). The predicted molar refractivity (Wildman–Crippen MR) is 72.2 cm³/mol. The average molecular weight is 241 g/mol. The maximum atomic E-state index is 12.1. The first kappa shape index (κ1) is 12.1. The van der Waals surface area contributed by atoms with E-state index in [0.717, 1.165) is 11.3 Å². The van der Waals surface area contributed by atoms with E-state index in [2.05, 4.69) is 4.98 Å². The first-order valence-electron chi connectivity index (χ1n) is 5.68. The van der Waals surface area contributed by atoms with Crippen molar-refractivity contribution < 1.29 is 4.79 Å². The van der Waals surface area contributed by atoms with Crippen molar-refractivity contribution in [3.05, 3.63) is 54.4 Å². The number of aromatic nitrogens is 1. The third-order valence-electron chi connectivity index (χ3n) is 2.80. The quantitative estimate of drug-likeness (QED) is 0.834. The molecule has 92 valence electrons. The van der Waals surface area contributed by atoms with Crippen molar-refractivity contribution in [1.29, 1.82) is 0 Å². The molecule has 1 aromatic heterocycles. The number of nitrogens with two attached hydrogens (primary N) is 1. The standard InChI is InChI=1S/C14H15N3O/c1-17(12-6-4-8-16-10-12)14(18)9-11-5-2-3-7-13(11)15/h2-8,10H,9,15H2,1H3. The van der Waals surface area contributed by atoms with Crippen molar-refractivity contribution in [3.8, 4) is 0 Å². The summed E-state index contributed by atoms with van der Waals surface area (Å²) in [6.45, 7) is 0. The Bertz CT molecular complexity index is 540. The van der Waals surface area contributed by atoms with Crippen LogP contribution < -0.4 is 10.6 Å². The smallest absolute Gasteiger partial charge is 0.231 e. The minimum atomic E-state index is -0.0131. The third kappa shape index (κ3) is 2.66. The molecule has 4 heteroatoms. The van der Waals surface area contributed by atoms with E-state index in [9.17, 15) is 4.79 Å². The molecule has 0 aliphatic heterocycles. The Morgan fingerprint density at radius 3 is 2.72 bits per heavy atom. The second-order valence-corrected chi connectivity index (χ2v) is 4.04. The van der Waals surface area contributed by atoms with Crippen molar-refractivity contribution in [2.45, 2.75) is 6.42 Å². The van der Waals surface area contributed by atoms with Gasteiger partial charge >= 0.3 is 0 Å². The van der Waals surface area contributed by atoms with Crippen LogP contribution in [-0.2, 0) is 11.2 Å². The van der Waals surface area contributed by atoms with Crippen LogP contribution in [0.4, 0.5) is 11.4 Å². The average Bonchev–Trinajstić information content (AvgIpc) is 2.41. The Morgan fingerprint density at radius 2 is 2.06 bits per heavy atom. The van der Waals surface area contributed by atoms with Gasteiger partial charge in [-0.2, -0.15) is 0 Å². The zero-order valence-electron chi connectivity index (χ0n) is 10.2. The number of likely N-dealkylation sites (N-methyl/N-ethyl adjacent to an activating group) is 1. The Labute approximate surface area is 106 Å². The lowest BCUT2D eigenvalue weighted by molar-refractivity contribution is -0.117. The molecule has 2 N–H and O–H groups in total. The van der Waals surface area contributed by atoms with E-state index in [-0.39, 0.29) is 12.3 Å². The zero-order chi connectivity index (χ0) is 13.0. The molecule has 0 aliphatic rings. The minimum absolute atomic E-state index is 0.0131. The van der Waals surface area contributed by atoms with Crippen LogP contribution in [0.3, 0.4) is 0 Å². The summed E-state index contributed by atoms with van der Waals surface area (Å²) in [5, 5.41) is 0. The minimum Gasteiger partial charge on any atom is -0.398 e. The Balaban J connectivity index is 2.12. The van der Waals surface area contributed by atoms with Gasteiger partial charge < -0.3 is 10.6 Å². The molecular weight excluding hydrogens is 226 g/mol. The van der Waals surface area contributed by atoms with Crippen molar-refractivity contribution in [1.82, 2.24) is 4.98 Å². The van der Waals surface area contributed by atoms with E-state index in [1.165, 1.54) is 0 Å². The van der Waals surface area contributed by atoms with Crippen LogP contribution in [0.1, 0.15) is 5.56 Å². The number of nitrogens with zero attached hydrogens (tertiary/aromatic N) is 2. The van der Waals surface area contributed by atoms with Crippen molar-refractivity contribution in [3.63, 3.8) is 0 Å². The number of para-hydroxylation sites is 1. The topological polar surface area (TPSA) is 59.2 Å². The molecule has 4 nitrogen and oxygen atoms in total. The van der Waals surface area contributed by atoms with Gasteiger partial charge in [-0.1, -0.05) is 18.2 Å². The summed E-state index contributed by atoms with van der Waals surface area (Å²) in [5.74, 6) is -0.0131. The Hall–Kier alpha value is -2.36. The summed E-state index contributed by atoms with van der Waals surface area (Å²) < 4.78 is 0. The first-order chi connectivity index (χ1) is 8.68. The van der Waals surface area contributed by atoms with Crippen molar-refractivity contribution in [2.75, 3.05) is 17.7 Å². The lowest BCUT2D eigenvalue weighted by atomic mass is 10.1. The summed E-state index contributed by atoms with van der Waals surface area (Å²) in [6.07, 6.45) is 3.63. The van der Waals surface area contributed by atoms with Gasteiger partial charge in [0.1, 0.15) is 0 Å². The largest absolute Gasteiger partial charge is 0.398 e. The molecule has 0 aliphatic carbocycles. The SMILES string of the molecule is CN(C(=O)Cc1ccccc1N)c1cccnc1. The van der Waals surface area contributed by atoms with Crippen LogP contribution in [-0.4, -0.2) is 17.9 Å². The number of rotatable bonds is 3. The summed E-state index contributed by atoms with van der Waals surface area (Å²) in [6, 6.07) is 11.0. The predicted octanol–water partition coefficient (Wildman–Crippen LogP) is 1.87. The first-order valence-corrected chi connectivity index (χ1v) is 5.68. The number of pyridine rings is 1. The maximum Gasteiger partial charge on any atom is 0.231 e. The number of nitrogen functional groups attached to an aromatic ring is 1. The van der Waals surface area contributed by atoms with E-state index in [1.807, 2.05) is 24.3 Å². The summed E-state index contributed by atoms with van der Waals surface area (Å²) in [5.41, 5.74) is 8.09. The fourth-order valence-electron chi connectivity index (χ4n) is 1.67. The van der Waals surface area contributed by atoms with E-state index in [1.54, 1.807) is 36.5 Å². The van der Waals surface area contributed by atoms with Crippen LogP contribution in [0.15, 0.2) is 48.8 Å². The van der Waals surface area contributed by atoms with Crippen molar-refractivity contribution >= 4 is 17.3 Å². The monoisotopic (exact) mass is 241 g/mol. The molecule has 0 bridgehead atoms. The highest BCUT2D eigenvalue weighted by Crippen LogP contribution is 2.15. The van der Waals surface area contributed by atoms with Crippen LogP contribution >= 0.6 is 0 Å². The van der Waals surface area contributed by atoms with Gasteiger partial charge in [0.2, 0.25) is 5.91 Å². The lowest BCUT2D eigenvalue weighted by Gasteiger charge is -2.17. The number of carbonyl (C=O) groups is 1. The number of anilines is 2. The number of benzene rings is 1. The molecule has 0 atom stereocenters. The van der Waals surface area contributed by atoms with Gasteiger partial charge in [0.15, 0.2) is 0 Å². The van der Waals surface area contributed by atoms with Gasteiger partial charge in [-0.05, 0) is 23.8 Å². The van der Waals surface area contributed by atoms with Gasteiger partial charge in [0, 0.05) is 18.9 Å². The number of hydrogen-bond donors (Lipinski definition) is 1. The zero-order valence-corrected chi connectivity index (χ0v) is 10.2. The molecule has 18 heavy (non-hydrogen) atoms. The molecule has 1 amide bonds. The van der Waals surface area contributed by atoms with Gasteiger partial charge in [-0.25, -0.2) is 0 Å². The Kier molecular flexibility index (Phi) is 3.57. The molecule has 0 saturated heterocycles. The molecule has 1 aromatic carbocycles. The molecule has 0 saturated carbocycles. The third-order valence-corrected chi connectivity index (χ3v) is 2.80. The fourth-order valence-corrected chi connectivity index (χ4v) is 1.67. The highest BCUT2D eigenvalue weighted by Gasteiger charge is 2.12. The van der Waals surface area contributed by atoms with Gasteiger partial charge in [0.05, 0.1) is 18.3 Å². The lowest BCUT2D eigenvalue weighted by Crippen LogP contribution is -2.28. The fraction of sp³-hybridized carbons (Fsp3) is 0.143. The molecule has 2 aromatic rings.